The Labute approximate surface area is 444 Å². The van der Waals surface area contributed by atoms with E-state index in [1.54, 1.807) is 0 Å². The molecule has 0 aliphatic heterocycles. The summed E-state index contributed by atoms with van der Waals surface area (Å²) in [6.45, 7) is 6.73. The zero-order chi connectivity index (χ0) is 51.4. The molecule has 0 saturated carbocycles. The topological polar surface area (TPSA) is 78.9 Å². The van der Waals surface area contributed by atoms with E-state index in [0.717, 1.165) is 57.8 Å². The number of rotatable bonds is 61. The van der Waals surface area contributed by atoms with Crippen LogP contribution in [0.15, 0.2) is 0 Å². The van der Waals surface area contributed by atoms with Crippen molar-refractivity contribution in [3.8, 4) is 0 Å². The summed E-state index contributed by atoms with van der Waals surface area (Å²) in [5, 5.41) is 0. The molecule has 0 aromatic carbocycles. The van der Waals surface area contributed by atoms with E-state index in [9.17, 15) is 14.4 Å². The monoisotopic (exact) mass is 1000 g/mol. The molecule has 0 fully saturated rings. The Balaban J connectivity index is 4.27. The quantitative estimate of drug-likeness (QED) is 0.0343. The number of hydrogen-bond acceptors (Lipinski definition) is 6. The molecule has 0 spiro atoms. The Morgan fingerprint density at radius 1 is 0.225 bits per heavy atom. The summed E-state index contributed by atoms with van der Waals surface area (Å²) < 4.78 is 17.0. The van der Waals surface area contributed by atoms with Crippen LogP contribution in [-0.4, -0.2) is 37.2 Å². The van der Waals surface area contributed by atoms with Crippen molar-refractivity contribution in [2.45, 2.75) is 386 Å². The van der Waals surface area contributed by atoms with Crippen molar-refractivity contribution >= 4 is 17.9 Å². The standard InChI is InChI=1S/C65H126O6/c1-4-7-10-13-16-19-22-25-28-30-32-34-37-40-43-46-49-52-55-58-64(67)70-61-62(60-69-63(66)57-54-51-48-45-42-39-36-27-24-21-18-15-12-9-6-3)71-65(68)59-56-53-50-47-44-41-38-35-33-31-29-26-23-20-17-14-11-8-5-2/h62H,4-61H2,1-3H3/t62-/m1/s1. The van der Waals surface area contributed by atoms with E-state index in [0.29, 0.717) is 19.3 Å². The fourth-order valence-electron chi connectivity index (χ4n) is 10.2. The first-order valence-electron chi connectivity index (χ1n) is 32.5. The maximum atomic E-state index is 12.9. The van der Waals surface area contributed by atoms with Crippen LogP contribution in [0.2, 0.25) is 0 Å². The molecule has 0 unspecified atom stereocenters. The molecule has 0 radical (unpaired) electrons. The fraction of sp³-hybridized carbons (Fsp3) is 0.954. The van der Waals surface area contributed by atoms with Crippen LogP contribution < -0.4 is 0 Å². The predicted octanol–water partition coefficient (Wildman–Crippen LogP) is 21.9. The largest absolute Gasteiger partial charge is 0.462 e. The third kappa shape index (κ3) is 59.2. The summed E-state index contributed by atoms with van der Waals surface area (Å²) in [4.78, 5) is 38.3. The Bertz CT molecular complexity index is 1060. The normalized spacial score (nSPS) is 11.9. The molecular weight excluding hydrogens is 877 g/mol. The summed E-state index contributed by atoms with van der Waals surface area (Å²) in [5.41, 5.74) is 0. The minimum atomic E-state index is -0.762. The third-order valence-corrected chi connectivity index (χ3v) is 15.1. The Morgan fingerprint density at radius 2 is 0.380 bits per heavy atom. The highest BCUT2D eigenvalue weighted by molar-refractivity contribution is 5.71. The Hall–Kier alpha value is -1.59. The van der Waals surface area contributed by atoms with Gasteiger partial charge in [-0.05, 0) is 19.3 Å². The van der Waals surface area contributed by atoms with Gasteiger partial charge in [-0.2, -0.15) is 0 Å². The molecule has 0 aliphatic carbocycles. The molecule has 0 N–H and O–H groups in total. The van der Waals surface area contributed by atoms with E-state index < -0.39 is 6.10 Å². The number of carbonyl (C=O) groups is 3. The number of esters is 3. The first-order chi connectivity index (χ1) is 35.0. The molecule has 0 aliphatic rings. The van der Waals surface area contributed by atoms with E-state index in [2.05, 4.69) is 20.8 Å². The van der Waals surface area contributed by atoms with E-state index in [4.69, 9.17) is 14.2 Å². The van der Waals surface area contributed by atoms with Crippen LogP contribution >= 0.6 is 0 Å². The lowest BCUT2D eigenvalue weighted by Crippen LogP contribution is -2.30. The number of carbonyl (C=O) groups excluding carboxylic acids is 3. The van der Waals surface area contributed by atoms with Crippen LogP contribution in [0.25, 0.3) is 0 Å². The minimum Gasteiger partial charge on any atom is -0.462 e. The molecule has 0 amide bonds. The summed E-state index contributed by atoms with van der Waals surface area (Å²) in [6.07, 6.45) is 69.6. The third-order valence-electron chi connectivity index (χ3n) is 15.1. The van der Waals surface area contributed by atoms with Crippen LogP contribution in [0.1, 0.15) is 380 Å². The highest BCUT2D eigenvalue weighted by Gasteiger charge is 2.19. The molecular formula is C65H126O6. The average Bonchev–Trinajstić information content (AvgIpc) is 3.37. The van der Waals surface area contributed by atoms with Crippen LogP contribution in [0, 0.1) is 0 Å². The van der Waals surface area contributed by atoms with Crippen LogP contribution in [0.4, 0.5) is 0 Å². The lowest BCUT2D eigenvalue weighted by Gasteiger charge is -2.18. The number of ether oxygens (including phenoxy) is 3. The van der Waals surface area contributed by atoms with Gasteiger partial charge < -0.3 is 14.2 Å². The molecule has 0 heterocycles. The van der Waals surface area contributed by atoms with Crippen molar-refractivity contribution in [3.05, 3.63) is 0 Å². The maximum Gasteiger partial charge on any atom is 0.306 e. The molecule has 6 heteroatoms. The summed E-state index contributed by atoms with van der Waals surface area (Å²) in [6, 6.07) is 0. The van der Waals surface area contributed by atoms with Crippen LogP contribution in [-0.2, 0) is 28.6 Å². The number of unbranched alkanes of at least 4 members (excludes halogenated alkanes) is 50. The molecule has 6 nitrogen and oxygen atoms in total. The highest BCUT2D eigenvalue weighted by Crippen LogP contribution is 2.19. The SMILES string of the molecule is CCCCCCCCCCCCCCCCCCCCCC(=O)OC[C@@H](COC(=O)CCCCCCCCCCCCCCCCC)OC(=O)CCCCCCCCCCCCCCCCCCCCC. The van der Waals surface area contributed by atoms with Crippen molar-refractivity contribution in [2.24, 2.45) is 0 Å². The van der Waals surface area contributed by atoms with E-state index in [1.807, 2.05) is 0 Å². The Kier molecular flexibility index (Phi) is 59.6. The van der Waals surface area contributed by atoms with Gasteiger partial charge in [0.15, 0.2) is 6.10 Å². The lowest BCUT2D eigenvalue weighted by atomic mass is 10.0. The fourth-order valence-corrected chi connectivity index (χ4v) is 10.2. The average molecular weight is 1000 g/mol. The number of hydrogen-bond donors (Lipinski definition) is 0. The van der Waals surface area contributed by atoms with Gasteiger partial charge in [-0.1, -0.05) is 342 Å². The Morgan fingerprint density at radius 3 is 0.563 bits per heavy atom. The van der Waals surface area contributed by atoms with E-state index in [-0.39, 0.29) is 31.1 Å². The molecule has 0 rings (SSSR count). The van der Waals surface area contributed by atoms with E-state index >= 15 is 0 Å². The van der Waals surface area contributed by atoms with E-state index in [1.165, 1.54) is 283 Å². The van der Waals surface area contributed by atoms with Gasteiger partial charge in [0, 0.05) is 19.3 Å². The maximum absolute atomic E-state index is 12.9. The van der Waals surface area contributed by atoms with Gasteiger partial charge in [-0.15, -0.1) is 0 Å². The van der Waals surface area contributed by atoms with Crippen LogP contribution in [0.5, 0.6) is 0 Å². The first kappa shape index (κ1) is 69.4. The summed E-state index contributed by atoms with van der Waals surface area (Å²) in [5.74, 6) is -0.823. The van der Waals surface area contributed by atoms with Gasteiger partial charge in [0.05, 0.1) is 0 Å². The van der Waals surface area contributed by atoms with Crippen molar-refractivity contribution in [1.82, 2.24) is 0 Å². The summed E-state index contributed by atoms with van der Waals surface area (Å²) in [7, 11) is 0. The summed E-state index contributed by atoms with van der Waals surface area (Å²) >= 11 is 0. The molecule has 1 atom stereocenters. The van der Waals surface area contributed by atoms with Gasteiger partial charge >= 0.3 is 17.9 Å². The zero-order valence-electron chi connectivity index (χ0n) is 48.5. The second kappa shape index (κ2) is 61.0. The van der Waals surface area contributed by atoms with Gasteiger partial charge in [0.25, 0.3) is 0 Å². The molecule has 422 valence electrons. The lowest BCUT2D eigenvalue weighted by molar-refractivity contribution is -0.167. The highest BCUT2D eigenvalue weighted by atomic mass is 16.6. The first-order valence-corrected chi connectivity index (χ1v) is 32.5. The zero-order valence-corrected chi connectivity index (χ0v) is 48.5. The molecule has 0 bridgehead atoms. The molecule has 0 aromatic heterocycles. The van der Waals surface area contributed by atoms with Crippen LogP contribution in [0.3, 0.4) is 0 Å². The van der Waals surface area contributed by atoms with Crippen molar-refractivity contribution in [2.75, 3.05) is 13.2 Å². The van der Waals surface area contributed by atoms with Crippen molar-refractivity contribution < 1.29 is 28.6 Å². The molecule has 0 aromatic rings. The van der Waals surface area contributed by atoms with Gasteiger partial charge in [-0.25, -0.2) is 0 Å². The second-order valence-electron chi connectivity index (χ2n) is 22.4. The smallest absolute Gasteiger partial charge is 0.306 e. The minimum absolute atomic E-state index is 0.0604. The van der Waals surface area contributed by atoms with Gasteiger partial charge in [0.1, 0.15) is 13.2 Å². The molecule has 0 saturated heterocycles. The van der Waals surface area contributed by atoms with Crippen molar-refractivity contribution in [3.63, 3.8) is 0 Å². The van der Waals surface area contributed by atoms with Gasteiger partial charge in [-0.3, -0.25) is 14.4 Å². The predicted molar refractivity (Wildman–Crippen MR) is 307 cm³/mol. The van der Waals surface area contributed by atoms with Crippen molar-refractivity contribution in [1.29, 1.82) is 0 Å². The van der Waals surface area contributed by atoms with Gasteiger partial charge in [0.2, 0.25) is 0 Å². The molecule has 71 heavy (non-hydrogen) atoms. The second-order valence-corrected chi connectivity index (χ2v) is 22.4.